The summed E-state index contributed by atoms with van der Waals surface area (Å²) in [6, 6.07) is 9.51. The average Bonchev–Trinajstić information content (AvgIpc) is 2.43. The van der Waals surface area contributed by atoms with Gasteiger partial charge in [-0.05, 0) is 45.4 Å². The van der Waals surface area contributed by atoms with Gasteiger partial charge in [-0.2, -0.15) is 0 Å². The molecule has 2 nitrogen and oxygen atoms in total. The third kappa shape index (κ3) is 6.95. The maximum Gasteiger partial charge on any atom is 0.0366 e. The Morgan fingerprint density at radius 3 is 2.25 bits per heavy atom. The van der Waals surface area contributed by atoms with Crippen molar-refractivity contribution in [2.75, 3.05) is 24.5 Å². The Hall–Kier alpha value is -1.02. The predicted octanol–water partition coefficient (Wildman–Crippen LogP) is 4.38. The molecule has 2 heteroatoms. The summed E-state index contributed by atoms with van der Waals surface area (Å²) in [6.07, 6.45) is 5.27. The lowest BCUT2D eigenvalue weighted by molar-refractivity contribution is 0.540. The van der Waals surface area contributed by atoms with Crippen LogP contribution in [0.5, 0.6) is 0 Å². The van der Waals surface area contributed by atoms with Crippen LogP contribution in [0.25, 0.3) is 0 Å². The summed E-state index contributed by atoms with van der Waals surface area (Å²) in [7, 11) is 0. The van der Waals surface area contributed by atoms with E-state index in [0.717, 1.165) is 13.1 Å². The van der Waals surface area contributed by atoms with E-state index in [9.17, 15) is 0 Å². The minimum atomic E-state index is 0.618. The van der Waals surface area contributed by atoms with Crippen molar-refractivity contribution in [3.8, 4) is 0 Å². The molecule has 1 aromatic carbocycles. The molecule has 1 aromatic rings. The minimum Gasteiger partial charge on any atom is -0.372 e. The van der Waals surface area contributed by atoms with Gasteiger partial charge >= 0.3 is 0 Å². The van der Waals surface area contributed by atoms with Crippen LogP contribution < -0.4 is 10.2 Å². The molecule has 0 aromatic heterocycles. The van der Waals surface area contributed by atoms with Crippen LogP contribution >= 0.6 is 0 Å². The second-order valence-electron chi connectivity index (χ2n) is 5.94. The van der Waals surface area contributed by atoms with Gasteiger partial charge in [0.05, 0.1) is 0 Å². The first kappa shape index (κ1) is 17.0. The lowest BCUT2D eigenvalue weighted by Gasteiger charge is -2.23. The number of nitrogens with one attached hydrogen (secondary N) is 1. The number of hydrogen-bond donors (Lipinski definition) is 1. The molecule has 0 heterocycles. The minimum absolute atomic E-state index is 0.618. The van der Waals surface area contributed by atoms with Gasteiger partial charge in [0.1, 0.15) is 0 Å². The summed E-state index contributed by atoms with van der Waals surface area (Å²) in [5.41, 5.74) is 2.70. The normalized spacial score (nSPS) is 11.1. The van der Waals surface area contributed by atoms with Gasteiger partial charge in [0.2, 0.25) is 0 Å². The lowest BCUT2D eigenvalue weighted by Crippen LogP contribution is -2.24. The summed E-state index contributed by atoms with van der Waals surface area (Å²) >= 11 is 0. The fraction of sp³-hybridized carbons (Fsp3) is 0.667. The van der Waals surface area contributed by atoms with E-state index >= 15 is 0 Å². The first-order valence-corrected chi connectivity index (χ1v) is 8.18. The summed E-state index contributed by atoms with van der Waals surface area (Å²) in [5, 5.41) is 3.48. The second kappa shape index (κ2) is 9.82. The highest BCUT2D eigenvalue weighted by atomic mass is 15.1. The first-order valence-electron chi connectivity index (χ1n) is 8.18. The fourth-order valence-corrected chi connectivity index (χ4v) is 2.40. The number of anilines is 1. The van der Waals surface area contributed by atoms with Crippen molar-refractivity contribution in [3.63, 3.8) is 0 Å². The van der Waals surface area contributed by atoms with Crippen molar-refractivity contribution >= 4 is 5.69 Å². The molecule has 0 aliphatic heterocycles. The van der Waals surface area contributed by atoms with E-state index < -0.39 is 0 Å². The zero-order valence-corrected chi connectivity index (χ0v) is 13.8. The van der Waals surface area contributed by atoms with Crippen LogP contribution in [0, 0.1) is 6.92 Å². The molecule has 1 rings (SSSR count). The number of aryl methyl sites for hydroxylation is 1. The van der Waals surface area contributed by atoms with Gasteiger partial charge in [-0.1, -0.05) is 44.4 Å². The van der Waals surface area contributed by atoms with E-state index in [1.807, 2.05) is 0 Å². The molecule has 0 amide bonds. The topological polar surface area (TPSA) is 15.3 Å². The molecule has 0 aliphatic rings. The molecule has 0 saturated carbocycles. The Balaban J connectivity index is 2.17. The van der Waals surface area contributed by atoms with Crippen LogP contribution in [0.2, 0.25) is 0 Å². The third-order valence-electron chi connectivity index (χ3n) is 3.69. The Morgan fingerprint density at radius 1 is 1.00 bits per heavy atom. The maximum atomic E-state index is 3.48. The van der Waals surface area contributed by atoms with E-state index in [0.29, 0.717) is 6.04 Å². The highest BCUT2D eigenvalue weighted by molar-refractivity contribution is 5.47. The molecule has 0 fully saturated rings. The molecule has 0 radical (unpaired) electrons. The molecule has 0 saturated heterocycles. The van der Waals surface area contributed by atoms with Gasteiger partial charge in [0, 0.05) is 24.8 Å². The Kier molecular flexibility index (Phi) is 8.36. The highest BCUT2D eigenvalue weighted by Gasteiger charge is 2.03. The van der Waals surface area contributed by atoms with Crippen molar-refractivity contribution in [2.24, 2.45) is 0 Å². The predicted molar refractivity (Wildman–Crippen MR) is 90.7 cm³/mol. The van der Waals surface area contributed by atoms with Crippen LogP contribution in [0.1, 0.15) is 52.0 Å². The van der Waals surface area contributed by atoms with Crippen LogP contribution in [-0.2, 0) is 0 Å². The summed E-state index contributed by atoms with van der Waals surface area (Å²) < 4.78 is 0. The standard InChI is InChI=1S/C18H32N2/c1-5-20(18-12-10-17(4)11-13-18)15-9-7-6-8-14-19-16(2)3/h10-13,16,19H,5-9,14-15H2,1-4H3. The van der Waals surface area contributed by atoms with Crippen molar-refractivity contribution in [3.05, 3.63) is 29.8 Å². The van der Waals surface area contributed by atoms with Crippen LogP contribution in [0.3, 0.4) is 0 Å². The Bertz CT molecular complexity index is 343. The monoisotopic (exact) mass is 276 g/mol. The zero-order valence-electron chi connectivity index (χ0n) is 13.8. The van der Waals surface area contributed by atoms with Crippen LogP contribution in [0.15, 0.2) is 24.3 Å². The largest absolute Gasteiger partial charge is 0.372 e. The van der Waals surface area contributed by atoms with E-state index in [-0.39, 0.29) is 0 Å². The quantitative estimate of drug-likeness (QED) is 0.638. The molecular formula is C18H32N2. The number of hydrogen-bond acceptors (Lipinski definition) is 2. The SMILES string of the molecule is CCN(CCCCCCNC(C)C)c1ccc(C)cc1. The zero-order chi connectivity index (χ0) is 14.8. The van der Waals surface area contributed by atoms with Crippen LogP contribution in [-0.4, -0.2) is 25.7 Å². The van der Waals surface area contributed by atoms with Gasteiger partial charge in [-0.3, -0.25) is 0 Å². The molecule has 1 N–H and O–H groups in total. The van der Waals surface area contributed by atoms with Crippen molar-refractivity contribution in [1.82, 2.24) is 5.32 Å². The van der Waals surface area contributed by atoms with Gasteiger partial charge in [0.15, 0.2) is 0 Å². The molecule has 20 heavy (non-hydrogen) atoms. The van der Waals surface area contributed by atoms with Crippen molar-refractivity contribution in [1.29, 1.82) is 0 Å². The second-order valence-corrected chi connectivity index (χ2v) is 5.94. The van der Waals surface area contributed by atoms with Crippen LogP contribution in [0.4, 0.5) is 5.69 Å². The molecule has 0 spiro atoms. The number of unbranched alkanes of at least 4 members (excludes halogenated alkanes) is 3. The summed E-state index contributed by atoms with van der Waals surface area (Å²) in [6.45, 7) is 12.2. The van der Waals surface area contributed by atoms with Crippen molar-refractivity contribution in [2.45, 2.75) is 59.4 Å². The summed E-state index contributed by atoms with van der Waals surface area (Å²) in [4.78, 5) is 2.48. The van der Waals surface area contributed by atoms with Gasteiger partial charge < -0.3 is 10.2 Å². The van der Waals surface area contributed by atoms with E-state index in [2.05, 4.69) is 62.2 Å². The van der Waals surface area contributed by atoms with Gasteiger partial charge in [-0.25, -0.2) is 0 Å². The molecule has 0 bridgehead atoms. The molecular weight excluding hydrogens is 244 g/mol. The molecule has 0 unspecified atom stereocenters. The molecule has 0 atom stereocenters. The van der Waals surface area contributed by atoms with E-state index in [1.165, 1.54) is 43.5 Å². The number of nitrogens with zero attached hydrogens (tertiary/aromatic N) is 1. The Labute approximate surface area is 125 Å². The van der Waals surface area contributed by atoms with Crippen molar-refractivity contribution < 1.29 is 0 Å². The number of benzene rings is 1. The Morgan fingerprint density at radius 2 is 1.65 bits per heavy atom. The molecule has 114 valence electrons. The average molecular weight is 276 g/mol. The lowest BCUT2D eigenvalue weighted by atomic mass is 10.1. The first-order chi connectivity index (χ1) is 9.63. The summed E-state index contributed by atoms with van der Waals surface area (Å²) in [5.74, 6) is 0. The third-order valence-corrected chi connectivity index (χ3v) is 3.69. The van der Waals surface area contributed by atoms with Gasteiger partial charge in [0.25, 0.3) is 0 Å². The molecule has 0 aliphatic carbocycles. The van der Waals surface area contributed by atoms with E-state index in [1.54, 1.807) is 0 Å². The highest BCUT2D eigenvalue weighted by Crippen LogP contribution is 2.15. The smallest absolute Gasteiger partial charge is 0.0366 e. The maximum absolute atomic E-state index is 3.48. The van der Waals surface area contributed by atoms with Gasteiger partial charge in [-0.15, -0.1) is 0 Å². The van der Waals surface area contributed by atoms with E-state index in [4.69, 9.17) is 0 Å². The fourth-order valence-electron chi connectivity index (χ4n) is 2.40. The number of rotatable bonds is 10.